The van der Waals surface area contributed by atoms with Crippen LogP contribution in [0, 0.1) is 5.82 Å². The third-order valence-electron chi connectivity index (χ3n) is 4.21. The number of nitrogens with zero attached hydrogens (tertiary/aromatic N) is 2. The van der Waals surface area contributed by atoms with Crippen molar-refractivity contribution in [3.05, 3.63) is 88.2 Å². The van der Waals surface area contributed by atoms with Crippen LogP contribution in [-0.2, 0) is 13.2 Å². The second-order valence-corrected chi connectivity index (χ2v) is 5.98. The lowest BCUT2D eigenvalue weighted by molar-refractivity contribution is 0.278. The molecule has 0 saturated carbocycles. The van der Waals surface area contributed by atoms with Gasteiger partial charge in [0.25, 0.3) is 5.56 Å². The Morgan fingerprint density at radius 3 is 2.65 bits per heavy atom. The molecule has 1 N–H and O–H groups in total. The van der Waals surface area contributed by atoms with E-state index < -0.39 is 0 Å². The van der Waals surface area contributed by atoms with Crippen LogP contribution >= 0.6 is 0 Å². The maximum absolute atomic E-state index is 13.1. The van der Waals surface area contributed by atoms with Crippen molar-refractivity contribution in [2.24, 2.45) is 0 Å². The van der Waals surface area contributed by atoms with E-state index in [4.69, 9.17) is 4.42 Å². The normalized spacial score (nSPS) is 11.2. The van der Waals surface area contributed by atoms with Crippen molar-refractivity contribution in [2.75, 3.05) is 0 Å². The first kappa shape index (κ1) is 16.2. The summed E-state index contributed by atoms with van der Waals surface area (Å²) >= 11 is 0. The zero-order valence-electron chi connectivity index (χ0n) is 13.7. The molecule has 0 unspecified atom stereocenters. The standard InChI is InChI=1S/C20H15FN2O3/c21-17-4-1-13(2-5-17)11-23-20(25)16(12-24)10-18(22-23)14-3-6-19-15(9-14)7-8-26-19/h1-10,24H,11-12H2. The fourth-order valence-electron chi connectivity index (χ4n) is 2.85. The Morgan fingerprint density at radius 2 is 1.88 bits per heavy atom. The summed E-state index contributed by atoms with van der Waals surface area (Å²) in [5.74, 6) is -0.340. The second kappa shape index (κ2) is 6.57. The van der Waals surface area contributed by atoms with E-state index in [2.05, 4.69) is 5.10 Å². The first-order valence-corrected chi connectivity index (χ1v) is 8.08. The first-order chi connectivity index (χ1) is 12.6. The summed E-state index contributed by atoms with van der Waals surface area (Å²) in [5, 5.41) is 14.9. The lowest BCUT2D eigenvalue weighted by atomic mass is 10.1. The third-order valence-corrected chi connectivity index (χ3v) is 4.21. The van der Waals surface area contributed by atoms with Crippen LogP contribution in [0.3, 0.4) is 0 Å². The molecule has 4 aromatic rings. The van der Waals surface area contributed by atoms with Crippen molar-refractivity contribution in [3.63, 3.8) is 0 Å². The molecule has 5 nitrogen and oxygen atoms in total. The molecule has 0 radical (unpaired) electrons. The molecule has 2 aromatic carbocycles. The second-order valence-electron chi connectivity index (χ2n) is 5.98. The molecule has 0 fully saturated rings. The Hall–Kier alpha value is -3.25. The number of benzene rings is 2. The summed E-state index contributed by atoms with van der Waals surface area (Å²) in [4.78, 5) is 12.5. The molecule has 0 spiro atoms. The molecule has 0 saturated heterocycles. The van der Waals surface area contributed by atoms with Gasteiger partial charge in [0.2, 0.25) is 0 Å². The Balaban J connectivity index is 1.80. The summed E-state index contributed by atoms with van der Waals surface area (Å²) < 4.78 is 19.7. The third kappa shape index (κ3) is 3.02. The van der Waals surface area contributed by atoms with Crippen LogP contribution < -0.4 is 5.56 Å². The van der Waals surface area contributed by atoms with E-state index in [1.54, 1.807) is 24.5 Å². The van der Waals surface area contributed by atoms with E-state index in [1.807, 2.05) is 24.3 Å². The minimum atomic E-state index is -0.383. The number of hydrogen-bond acceptors (Lipinski definition) is 4. The van der Waals surface area contributed by atoms with Crippen LogP contribution in [0.15, 0.2) is 70.1 Å². The van der Waals surface area contributed by atoms with E-state index in [1.165, 1.54) is 16.8 Å². The molecule has 6 heteroatoms. The predicted molar refractivity (Wildman–Crippen MR) is 95.1 cm³/mol. The van der Waals surface area contributed by atoms with Crippen molar-refractivity contribution in [2.45, 2.75) is 13.2 Å². The molecule has 0 atom stereocenters. The highest BCUT2D eigenvalue weighted by Crippen LogP contribution is 2.23. The van der Waals surface area contributed by atoms with E-state index in [-0.39, 0.29) is 30.1 Å². The summed E-state index contributed by atoms with van der Waals surface area (Å²) in [6.07, 6.45) is 1.61. The number of aromatic nitrogens is 2. The van der Waals surface area contributed by atoms with Gasteiger partial charge in [-0.25, -0.2) is 9.07 Å². The van der Waals surface area contributed by atoms with Gasteiger partial charge in [-0.3, -0.25) is 4.79 Å². The largest absolute Gasteiger partial charge is 0.464 e. The Kier molecular flexibility index (Phi) is 4.10. The fraction of sp³-hybridized carbons (Fsp3) is 0.100. The molecule has 2 aromatic heterocycles. The molecule has 0 aliphatic heterocycles. The highest BCUT2D eigenvalue weighted by Gasteiger charge is 2.11. The number of aliphatic hydroxyl groups is 1. The molecule has 0 aliphatic rings. The van der Waals surface area contributed by atoms with Gasteiger partial charge in [-0.05, 0) is 48.0 Å². The van der Waals surface area contributed by atoms with Gasteiger partial charge < -0.3 is 9.52 Å². The highest BCUT2D eigenvalue weighted by molar-refractivity contribution is 5.82. The molecule has 0 bridgehead atoms. The quantitative estimate of drug-likeness (QED) is 0.613. The van der Waals surface area contributed by atoms with Crippen LogP contribution in [-0.4, -0.2) is 14.9 Å². The van der Waals surface area contributed by atoms with Crippen molar-refractivity contribution in [1.29, 1.82) is 0 Å². The Bertz CT molecular complexity index is 1130. The monoisotopic (exact) mass is 350 g/mol. The fourth-order valence-corrected chi connectivity index (χ4v) is 2.85. The topological polar surface area (TPSA) is 68.3 Å². The van der Waals surface area contributed by atoms with Crippen LogP contribution in [0.25, 0.3) is 22.2 Å². The van der Waals surface area contributed by atoms with E-state index >= 15 is 0 Å². The lowest BCUT2D eigenvalue weighted by Gasteiger charge is -2.10. The smallest absolute Gasteiger partial charge is 0.272 e. The summed E-state index contributed by atoms with van der Waals surface area (Å²) in [6, 6.07) is 14.9. The minimum absolute atomic E-state index is 0.188. The van der Waals surface area contributed by atoms with E-state index in [0.29, 0.717) is 5.69 Å². The molecule has 130 valence electrons. The highest BCUT2D eigenvalue weighted by atomic mass is 19.1. The average molecular weight is 350 g/mol. The maximum atomic E-state index is 13.1. The van der Waals surface area contributed by atoms with Gasteiger partial charge in [0.15, 0.2) is 0 Å². The minimum Gasteiger partial charge on any atom is -0.464 e. The van der Waals surface area contributed by atoms with Crippen LogP contribution in [0.2, 0.25) is 0 Å². The molecular formula is C20H15FN2O3. The number of rotatable bonds is 4. The number of fused-ring (bicyclic) bond motifs is 1. The van der Waals surface area contributed by atoms with Crippen molar-refractivity contribution < 1.29 is 13.9 Å². The van der Waals surface area contributed by atoms with Crippen molar-refractivity contribution >= 4 is 11.0 Å². The number of furan rings is 1. The Labute approximate surface area is 147 Å². The molecule has 0 aliphatic carbocycles. The SMILES string of the molecule is O=c1c(CO)cc(-c2ccc3occc3c2)nn1Cc1ccc(F)cc1. The molecule has 26 heavy (non-hydrogen) atoms. The van der Waals surface area contributed by atoms with Gasteiger partial charge in [0, 0.05) is 16.5 Å². The number of halogens is 1. The summed E-state index contributed by atoms with van der Waals surface area (Å²) in [6.45, 7) is -0.195. The van der Waals surface area contributed by atoms with E-state index in [9.17, 15) is 14.3 Å². The zero-order chi connectivity index (χ0) is 18.1. The van der Waals surface area contributed by atoms with Gasteiger partial charge in [0.1, 0.15) is 11.4 Å². The van der Waals surface area contributed by atoms with Gasteiger partial charge in [-0.2, -0.15) is 5.10 Å². The molecule has 4 rings (SSSR count). The molecule has 2 heterocycles. The average Bonchev–Trinajstić information content (AvgIpc) is 3.13. The van der Waals surface area contributed by atoms with Crippen LogP contribution in [0.5, 0.6) is 0 Å². The zero-order valence-corrected chi connectivity index (χ0v) is 13.7. The van der Waals surface area contributed by atoms with Crippen molar-refractivity contribution in [1.82, 2.24) is 9.78 Å². The summed E-state index contributed by atoms with van der Waals surface area (Å²) in [5.41, 5.74) is 2.76. The van der Waals surface area contributed by atoms with E-state index in [0.717, 1.165) is 22.1 Å². The molecule has 0 amide bonds. The van der Waals surface area contributed by atoms with Gasteiger partial charge >= 0.3 is 0 Å². The Morgan fingerprint density at radius 1 is 1.08 bits per heavy atom. The van der Waals surface area contributed by atoms with Crippen LogP contribution in [0.4, 0.5) is 4.39 Å². The first-order valence-electron chi connectivity index (χ1n) is 8.08. The van der Waals surface area contributed by atoms with Gasteiger partial charge in [0.05, 0.1) is 25.1 Å². The van der Waals surface area contributed by atoms with Crippen molar-refractivity contribution in [3.8, 4) is 11.3 Å². The number of hydrogen-bond donors (Lipinski definition) is 1. The lowest BCUT2D eigenvalue weighted by Crippen LogP contribution is -2.27. The number of aliphatic hydroxyl groups excluding tert-OH is 1. The van der Waals surface area contributed by atoms with Crippen LogP contribution in [0.1, 0.15) is 11.1 Å². The molecular weight excluding hydrogens is 335 g/mol. The summed E-state index contributed by atoms with van der Waals surface area (Å²) in [7, 11) is 0. The maximum Gasteiger partial charge on any atom is 0.272 e. The van der Waals surface area contributed by atoms with Gasteiger partial charge in [-0.1, -0.05) is 12.1 Å². The predicted octanol–water partition coefficient (Wildman–Crippen LogP) is 3.34. The van der Waals surface area contributed by atoms with Gasteiger partial charge in [-0.15, -0.1) is 0 Å².